The minimum absolute atomic E-state index is 0.0167. The number of fused-ring (bicyclic) bond motifs is 1. The van der Waals surface area contributed by atoms with E-state index in [0.717, 1.165) is 17.8 Å². The van der Waals surface area contributed by atoms with Gasteiger partial charge in [0.2, 0.25) is 10.6 Å². The van der Waals surface area contributed by atoms with Crippen LogP contribution in [0.4, 0.5) is 5.13 Å². The number of para-hydroxylation sites is 1. The molecule has 0 aliphatic heterocycles. The molecule has 2 N–H and O–H groups in total. The maximum atomic E-state index is 12.6. The molecule has 0 aliphatic carbocycles. The van der Waals surface area contributed by atoms with E-state index in [1.807, 2.05) is 6.92 Å². The van der Waals surface area contributed by atoms with Gasteiger partial charge in [-0.25, -0.2) is 0 Å². The van der Waals surface area contributed by atoms with E-state index in [1.54, 1.807) is 18.2 Å². The van der Waals surface area contributed by atoms with E-state index in [1.165, 1.54) is 24.6 Å². The Balaban J connectivity index is 1.92. The first kappa shape index (κ1) is 16.1. The highest BCUT2D eigenvalue weighted by atomic mass is 32.1. The Bertz CT molecular complexity index is 948. The van der Waals surface area contributed by atoms with Crippen LogP contribution < -0.4 is 15.5 Å². The molecule has 3 rings (SSSR count). The zero-order valence-electron chi connectivity index (χ0n) is 13.3. The molecule has 1 aromatic carbocycles. The van der Waals surface area contributed by atoms with Crippen LogP contribution >= 0.6 is 11.3 Å². The molecule has 0 saturated heterocycles. The summed E-state index contributed by atoms with van der Waals surface area (Å²) in [5.74, 6) is 0.0325. The van der Waals surface area contributed by atoms with Gasteiger partial charge in [-0.05, 0) is 18.6 Å². The highest BCUT2D eigenvalue weighted by molar-refractivity contribution is 7.15. The summed E-state index contributed by atoms with van der Waals surface area (Å²) >= 11 is 1.31. The Hall–Kier alpha value is -2.74. The van der Waals surface area contributed by atoms with Gasteiger partial charge in [0, 0.05) is 12.6 Å². The Morgan fingerprint density at radius 2 is 2.21 bits per heavy atom. The Morgan fingerprint density at radius 1 is 1.38 bits per heavy atom. The first-order valence-electron chi connectivity index (χ1n) is 7.46. The van der Waals surface area contributed by atoms with Crippen molar-refractivity contribution in [2.24, 2.45) is 0 Å². The van der Waals surface area contributed by atoms with Crippen molar-refractivity contribution < 1.29 is 9.53 Å². The van der Waals surface area contributed by atoms with Crippen molar-refractivity contribution in [2.75, 3.05) is 12.4 Å². The molecule has 0 atom stereocenters. The largest absolute Gasteiger partial charge is 0.495 e. The van der Waals surface area contributed by atoms with Crippen molar-refractivity contribution in [3.8, 4) is 5.75 Å². The van der Waals surface area contributed by atoms with Gasteiger partial charge in [0.05, 0.1) is 18.0 Å². The second-order valence-electron chi connectivity index (χ2n) is 5.12. The number of hydrogen-bond donors (Lipinski definition) is 2. The topological polar surface area (TPSA) is 97.0 Å². The molecular weight excluding hydrogens is 328 g/mol. The number of aromatic nitrogens is 3. The number of amides is 1. The minimum Gasteiger partial charge on any atom is -0.495 e. The number of H-pyrrole nitrogens is 1. The third-order valence-corrected chi connectivity index (χ3v) is 4.39. The predicted octanol–water partition coefficient (Wildman–Crippen LogP) is 2.59. The maximum Gasteiger partial charge on any atom is 0.262 e. The van der Waals surface area contributed by atoms with E-state index in [4.69, 9.17) is 4.74 Å². The molecule has 0 unspecified atom stereocenters. The van der Waals surface area contributed by atoms with Gasteiger partial charge in [0.25, 0.3) is 5.91 Å². The number of hydrogen-bond acceptors (Lipinski definition) is 6. The first-order valence-corrected chi connectivity index (χ1v) is 8.27. The number of anilines is 1. The molecule has 0 bridgehead atoms. The van der Waals surface area contributed by atoms with Crippen LogP contribution in [0.3, 0.4) is 0 Å². The van der Waals surface area contributed by atoms with E-state index in [2.05, 4.69) is 20.5 Å². The molecular formula is C16H16N4O3S. The van der Waals surface area contributed by atoms with Crippen LogP contribution in [0.5, 0.6) is 5.75 Å². The molecule has 8 heteroatoms. The number of methoxy groups -OCH3 is 1. The number of benzene rings is 1. The molecule has 3 aromatic rings. The van der Waals surface area contributed by atoms with Crippen LogP contribution in [0.25, 0.3) is 10.9 Å². The predicted molar refractivity (Wildman–Crippen MR) is 93.0 cm³/mol. The van der Waals surface area contributed by atoms with Gasteiger partial charge in [-0.1, -0.05) is 24.3 Å². The second-order valence-corrected chi connectivity index (χ2v) is 6.18. The normalized spacial score (nSPS) is 10.8. The average Bonchev–Trinajstić information content (AvgIpc) is 3.02. The number of ether oxygens (including phenoxy) is 1. The summed E-state index contributed by atoms with van der Waals surface area (Å²) in [4.78, 5) is 27.9. The fraction of sp³-hybridized carbons (Fsp3) is 0.250. The standard InChI is InChI=1S/C16H16N4O3S/c1-3-5-12-19-20-16(24-12)18-15(22)10-8-17-13-9(14(10)21)6-4-7-11(13)23-2/h4,6-8H,3,5H2,1-2H3,(H,17,21)(H,18,20,22). The Labute approximate surface area is 141 Å². The number of pyridine rings is 1. The third kappa shape index (κ3) is 3.00. The smallest absolute Gasteiger partial charge is 0.262 e. The number of carbonyl (C=O) groups is 1. The lowest BCUT2D eigenvalue weighted by molar-refractivity contribution is 0.102. The van der Waals surface area contributed by atoms with Crippen molar-refractivity contribution in [3.05, 3.63) is 45.2 Å². The molecule has 124 valence electrons. The SMILES string of the molecule is CCCc1nnc(NC(=O)c2c[nH]c3c(OC)cccc3c2=O)s1. The third-order valence-electron chi connectivity index (χ3n) is 3.49. The molecule has 1 amide bonds. The van der Waals surface area contributed by atoms with Gasteiger partial charge in [0.1, 0.15) is 16.3 Å². The maximum absolute atomic E-state index is 12.6. The van der Waals surface area contributed by atoms with Crippen LogP contribution in [0.2, 0.25) is 0 Å². The first-order chi connectivity index (χ1) is 11.6. The monoisotopic (exact) mass is 344 g/mol. The summed E-state index contributed by atoms with van der Waals surface area (Å²) in [6.45, 7) is 2.04. The second kappa shape index (κ2) is 6.79. The van der Waals surface area contributed by atoms with Crippen molar-refractivity contribution in [1.29, 1.82) is 0 Å². The van der Waals surface area contributed by atoms with E-state index in [0.29, 0.717) is 21.8 Å². The van der Waals surface area contributed by atoms with Gasteiger partial charge in [0.15, 0.2) is 0 Å². The molecule has 0 aliphatic rings. The minimum atomic E-state index is -0.514. The summed E-state index contributed by atoms with van der Waals surface area (Å²) in [7, 11) is 1.52. The number of nitrogens with zero attached hydrogens (tertiary/aromatic N) is 2. The number of aromatic amines is 1. The quantitative estimate of drug-likeness (QED) is 0.741. The molecule has 2 heterocycles. The van der Waals surface area contributed by atoms with Gasteiger partial charge >= 0.3 is 0 Å². The van der Waals surface area contributed by atoms with E-state index in [-0.39, 0.29) is 11.0 Å². The van der Waals surface area contributed by atoms with Crippen molar-refractivity contribution in [2.45, 2.75) is 19.8 Å². The zero-order chi connectivity index (χ0) is 17.1. The van der Waals surface area contributed by atoms with E-state index in [9.17, 15) is 9.59 Å². The van der Waals surface area contributed by atoms with Gasteiger partial charge in [-0.3, -0.25) is 14.9 Å². The Morgan fingerprint density at radius 3 is 2.96 bits per heavy atom. The highest BCUT2D eigenvalue weighted by Gasteiger charge is 2.16. The summed E-state index contributed by atoms with van der Waals surface area (Å²) in [6, 6.07) is 5.10. The van der Waals surface area contributed by atoms with Crippen LogP contribution in [-0.4, -0.2) is 28.2 Å². The molecule has 2 aromatic heterocycles. The lowest BCUT2D eigenvalue weighted by atomic mass is 10.1. The molecule has 0 spiro atoms. The molecule has 0 saturated carbocycles. The fourth-order valence-corrected chi connectivity index (χ4v) is 3.18. The van der Waals surface area contributed by atoms with Gasteiger partial charge in [-0.2, -0.15) is 0 Å². The lowest BCUT2D eigenvalue weighted by Gasteiger charge is -2.06. The van der Waals surface area contributed by atoms with Crippen molar-refractivity contribution in [3.63, 3.8) is 0 Å². The zero-order valence-corrected chi connectivity index (χ0v) is 14.1. The summed E-state index contributed by atoms with van der Waals surface area (Å²) in [6.07, 6.45) is 3.15. The number of rotatable bonds is 5. The van der Waals surface area contributed by atoms with E-state index >= 15 is 0 Å². The average molecular weight is 344 g/mol. The van der Waals surface area contributed by atoms with Crippen LogP contribution in [-0.2, 0) is 6.42 Å². The van der Waals surface area contributed by atoms with Crippen LogP contribution in [0.1, 0.15) is 28.7 Å². The number of carbonyl (C=O) groups excluding carboxylic acids is 1. The van der Waals surface area contributed by atoms with Crippen LogP contribution in [0.15, 0.2) is 29.2 Å². The summed E-state index contributed by atoms with van der Waals surface area (Å²) < 4.78 is 5.22. The molecule has 24 heavy (non-hydrogen) atoms. The van der Waals surface area contributed by atoms with Gasteiger partial charge in [-0.15, -0.1) is 10.2 Å². The highest BCUT2D eigenvalue weighted by Crippen LogP contribution is 2.21. The molecule has 7 nitrogen and oxygen atoms in total. The molecule has 0 fully saturated rings. The Kier molecular flexibility index (Phi) is 4.57. The summed E-state index contributed by atoms with van der Waals surface area (Å²) in [5, 5.41) is 12.2. The summed E-state index contributed by atoms with van der Waals surface area (Å²) in [5.41, 5.74) is 0.212. The van der Waals surface area contributed by atoms with Crippen LogP contribution in [0, 0.1) is 0 Å². The van der Waals surface area contributed by atoms with E-state index < -0.39 is 5.91 Å². The number of nitrogens with one attached hydrogen (secondary N) is 2. The van der Waals surface area contributed by atoms with Crippen molar-refractivity contribution in [1.82, 2.24) is 15.2 Å². The van der Waals surface area contributed by atoms with Crippen molar-refractivity contribution >= 4 is 33.3 Å². The number of aryl methyl sites for hydroxylation is 1. The molecule has 0 radical (unpaired) electrons. The lowest BCUT2D eigenvalue weighted by Crippen LogP contribution is -2.22. The fourth-order valence-electron chi connectivity index (χ4n) is 2.35. The van der Waals surface area contributed by atoms with Gasteiger partial charge < -0.3 is 9.72 Å².